The average molecular weight is 423 g/mol. The van der Waals surface area contributed by atoms with E-state index in [0.29, 0.717) is 22.5 Å². The van der Waals surface area contributed by atoms with Crippen LogP contribution in [0.25, 0.3) is 16.4 Å². The summed E-state index contributed by atoms with van der Waals surface area (Å²) in [5, 5.41) is 16.2. The zero-order valence-corrected chi connectivity index (χ0v) is 16.4. The predicted octanol–water partition coefficient (Wildman–Crippen LogP) is 4.60. The molecule has 0 atom stereocenters. The summed E-state index contributed by atoms with van der Waals surface area (Å²) >= 11 is 1.32. The number of aromatic nitrogens is 3. The van der Waals surface area contributed by atoms with Crippen molar-refractivity contribution < 1.29 is 14.1 Å². The van der Waals surface area contributed by atoms with E-state index < -0.39 is 10.8 Å². The Bertz CT molecular complexity index is 1250. The van der Waals surface area contributed by atoms with Crippen LogP contribution < -0.4 is 5.32 Å². The third kappa shape index (κ3) is 3.67. The monoisotopic (exact) mass is 423 g/mol. The number of nitrogens with zero attached hydrogens (tertiary/aromatic N) is 4. The van der Waals surface area contributed by atoms with Crippen LogP contribution in [0, 0.1) is 22.9 Å². The van der Waals surface area contributed by atoms with E-state index in [1.807, 2.05) is 5.38 Å². The molecule has 2 heterocycles. The Kier molecular flexibility index (Phi) is 5.07. The average Bonchev–Trinajstić information content (AvgIpc) is 3.35. The molecule has 2 aromatic carbocycles. The number of hydrogen-bond donors (Lipinski definition) is 1. The minimum absolute atomic E-state index is 0.0564. The van der Waals surface area contributed by atoms with Gasteiger partial charge in [0.25, 0.3) is 11.6 Å². The van der Waals surface area contributed by atoms with Crippen LogP contribution in [0.1, 0.15) is 16.2 Å². The molecule has 2 aromatic heterocycles. The second-order valence-electron chi connectivity index (χ2n) is 6.28. The maximum Gasteiger partial charge on any atom is 0.282 e. The Hall–Kier alpha value is -3.92. The van der Waals surface area contributed by atoms with Gasteiger partial charge in [0.15, 0.2) is 5.13 Å². The summed E-state index contributed by atoms with van der Waals surface area (Å²) in [5.41, 5.74) is 1.06. The van der Waals surface area contributed by atoms with Gasteiger partial charge in [0.05, 0.1) is 16.8 Å². The second kappa shape index (κ2) is 7.84. The molecule has 150 valence electrons. The molecule has 1 amide bonds. The third-order valence-electron chi connectivity index (χ3n) is 4.35. The summed E-state index contributed by atoms with van der Waals surface area (Å²) in [6.45, 7) is 1.75. The number of thiazole rings is 1. The number of nitro groups is 1. The first-order valence-electron chi connectivity index (χ1n) is 8.75. The summed E-state index contributed by atoms with van der Waals surface area (Å²) in [7, 11) is 0. The van der Waals surface area contributed by atoms with E-state index in [-0.39, 0.29) is 17.1 Å². The molecule has 0 aliphatic rings. The first-order chi connectivity index (χ1) is 14.4. The fraction of sp³-hybridized carbons (Fsp3) is 0.0500. The van der Waals surface area contributed by atoms with E-state index in [0.717, 1.165) is 5.56 Å². The van der Waals surface area contributed by atoms with Crippen molar-refractivity contribution in [2.45, 2.75) is 6.92 Å². The zero-order chi connectivity index (χ0) is 21.3. The highest BCUT2D eigenvalue weighted by atomic mass is 32.1. The maximum absolute atomic E-state index is 13.2. The number of nitro benzene ring substituents is 1. The molecule has 30 heavy (non-hydrogen) atoms. The Morgan fingerprint density at radius 3 is 2.67 bits per heavy atom. The van der Waals surface area contributed by atoms with E-state index in [4.69, 9.17) is 0 Å². The van der Waals surface area contributed by atoms with E-state index in [9.17, 15) is 19.3 Å². The van der Waals surface area contributed by atoms with Gasteiger partial charge in [0.2, 0.25) is 0 Å². The molecule has 0 spiro atoms. The standard InChI is InChI=1S/C20H14FN5O3S/c1-12-22-10-18(24-19(27)15-4-2-3-5-17(15)26(28)29)25(12)20-23-16(11-30-20)13-6-8-14(21)9-7-13/h2-11H,1H3,(H,24,27). The van der Waals surface area contributed by atoms with Gasteiger partial charge in [-0.1, -0.05) is 12.1 Å². The van der Waals surface area contributed by atoms with Crippen LogP contribution in [0.3, 0.4) is 0 Å². The van der Waals surface area contributed by atoms with Gasteiger partial charge in [0.1, 0.15) is 23.0 Å². The van der Waals surface area contributed by atoms with Gasteiger partial charge in [-0.05, 0) is 37.3 Å². The number of aryl methyl sites for hydroxylation is 1. The molecule has 10 heteroatoms. The molecular formula is C20H14FN5O3S. The van der Waals surface area contributed by atoms with Crippen molar-refractivity contribution in [3.8, 4) is 16.4 Å². The lowest BCUT2D eigenvalue weighted by Crippen LogP contribution is -2.16. The first-order valence-corrected chi connectivity index (χ1v) is 9.63. The molecule has 4 aromatic rings. The number of carbonyl (C=O) groups excluding carboxylic acids is 1. The number of benzene rings is 2. The van der Waals surface area contributed by atoms with Crippen molar-refractivity contribution >= 4 is 28.7 Å². The number of para-hydroxylation sites is 1. The van der Waals surface area contributed by atoms with Crippen LogP contribution in [0.5, 0.6) is 0 Å². The zero-order valence-electron chi connectivity index (χ0n) is 15.6. The number of halogens is 1. The van der Waals surface area contributed by atoms with Gasteiger partial charge in [-0.3, -0.25) is 19.5 Å². The molecule has 8 nitrogen and oxygen atoms in total. The third-order valence-corrected chi connectivity index (χ3v) is 5.17. The van der Waals surface area contributed by atoms with Crippen LogP contribution >= 0.6 is 11.3 Å². The molecule has 1 N–H and O–H groups in total. The van der Waals surface area contributed by atoms with Gasteiger partial charge in [-0.2, -0.15) is 0 Å². The van der Waals surface area contributed by atoms with Crippen molar-refractivity contribution in [2.24, 2.45) is 0 Å². The summed E-state index contributed by atoms with van der Waals surface area (Å²) in [6.07, 6.45) is 1.46. The van der Waals surface area contributed by atoms with Gasteiger partial charge < -0.3 is 5.32 Å². The van der Waals surface area contributed by atoms with Crippen LogP contribution in [0.15, 0.2) is 60.1 Å². The van der Waals surface area contributed by atoms with Crippen molar-refractivity contribution in [2.75, 3.05) is 5.32 Å². The van der Waals surface area contributed by atoms with E-state index >= 15 is 0 Å². The Morgan fingerprint density at radius 1 is 1.20 bits per heavy atom. The van der Waals surface area contributed by atoms with E-state index in [1.165, 1.54) is 47.9 Å². The summed E-state index contributed by atoms with van der Waals surface area (Å²) < 4.78 is 14.8. The number of nitrogens with one attached hydrogen (secondary N) is 1. The normalized spacial score (nSPS) is 10.7. The summed E-state index contributed by atoms with van der Waals surface area (Å²) in [6, 6.07) is 11.7. The first kappa shape index (κ1) is 19.4. The van der Waals surface area contributed by atoms with Gasteiger partial charge in [0, 0.05) is 17.0 Å². The van der Waals surface area contributed by atoms with Crippen molar-refractivity contribution in [3.63, 3.8) is 0 Å². The molecule has 0 unspecified atom stereocenters. The van der Waals surface area contributed by atoms with Crippen LogP contribution in [0.4, 0.5) is 15.9 Å². The Labute approximate surface area is 173 Å². The lowest BCUT2D eigenvalue weighted by atomic mass is 10.1. The number of rotatable bonds is 5. The summed E-state index contributed by atoms with van der Waals surface area (Å²) in [5.74, 6) is -0.0538. The van der Waals surface area contributed by atoms with Crippen LogP contribution in [0.2, 0.25) is 0 Å². The van der Waals surface area contributed by atoms with Gasteiger partial charge >= 0.3 is 0 Å². The SMILES string of the molecule is Cc1ncc(NC(=O)c2ccccc2[N+](=O)[O-])n1-c1nc(-c2ccc(F)cc2)cs1. The minimum atomic E-state index is -0.626. The Morgan fingerprint density at radius 2 is 1.93 bits per heavy atom. The van der Waals surface area contributed by atoms with Crippen molar-refractivity contribution in [3.05, 3.63) is 87.4 Å². The van der Waals surface area contributed by atoms with Gasteiger partial charge in [-0.15, -0.1) is 11.3 Å². The lowest BCUT2D eigenvalue weighted by molar-refractivity contribution is -0.385. The Balaban J connectivity index is 1.66. The largest absolute Gasteiger partial charge is 0.306 e. The molecule has 0 radical (unpaired) electrons. The quantitative estimate of drug-likeness (QED) is 0.373. The molecule has 4 rings (SSSR count). The molecule has 0 aliphatic heterocycles. The van der Waals surface area contributed by atoms with Gasteiger partial charge in [-0.25, -0.2) is 14.4 Å². The number of anilines is 1. The number of imidazole rings is 1. The minimum Gasteiger partial charge on any atom is -0.306 e. The number of carbonyl (C=O) groups is 1. The smallest absolute Gasteiger partial charge is 0.282 e. The fourth-order valence-corrected chi connectivity index (χ4v) is 3.80. The van der Waals surface area contributed by atoms with E-state index in [2.05, 4.69) is 15.3 Å². The van der Waals surface area contributed by atoms with Crippen LogP contribution in [-0.4, -0.2) is 25.4 Å². The van der Waals surface area contributed by atoms with Crippen molar-refractivity contribution in [1.82, 2.24) is 14.5 Å². The number of amides is 1. The topological polar surface area (TPSA) is 103 Å². The molecule has 0 aliphatic carbocycles. The maximum atomic E-state index is 13.2. The molecule has 0 fully saturated rings. The molecule has 0 saturated heterocycles. The number of hydrogen-bond acceptors (Lipinski definition) is 6. The second-order valence-corrected chi connectivity index (χ2v) is 7.11. The fourth-order valence-electron chi connectivity index (χ4n) is 2.90. The highest BCUT2D eigenvalue weighted by Gasteiger charge is 2.22. The lowest BCUT2D eigenvalue weighted by Gasteiger charge is -2.09. The molecule has 0 bridgehead atoms. The van der Waals surface area contributed by atoms with Crippen LogP contribution in [-0.2, 0) is 0 Å². The van der Waals surface area contributed by atoms with E-state index in [1.54, 1.807) is 29.7 Å². The molecule has 0 saturated carbocycles. The highest BCUT2D eigenvalue weighted by molar-refractivity contribution is 7.12. The summed E-state index contributed by atoms with van der Waals surface area (Å²) in [4.78, 5) is 32.1. The highest BCUT2D eigenvalue weighted by Crippen LogP contribution is 2.28. The molecular weight excluding hydrogens is 409 g/mol. The predicted molar refractivity (Wildman–Crippen MR) is 110 cm³/mol. The van der Waals surface area contributed by atoms with Crippen molar-refractivity contribution in [1.29, 1.82) is 0 Å².